The zero-order valence-electron chi connectivity index (χ0n) is 16.1. The number of aromatic hydroxyl groups is 1. The summed E-state index contributed by atoms with van der Waals surface area (Å²) in [7, 11) is 1.66. The van der Waals surface area contributed by atoms with Crippen LogP contribution >= 0.6 is 0 Å². The number of benzene rings is 2. The van der Waals surface area contributed by atoms with E-state index in [1.54, 1.807) is 13.1 Å². The number of fused-ring (bicyclic) bond motifs is 1. The summed E-state index contributed by atoms with van der Waals surface area (Å²) in [6.45, 7) is 4.82. The molecule has 0 bridgehead atoms. The van der Waals surface area contributed by atoms with E-state index in [2.05, 4.69) is 15.6 Å². The van der Waals surface area contributed by atoms with Crippen molar-refractivity contribution in [2.45, 2.75) is 26.4 Å². The summed E-state index contributed by atoms with van der Waals surface area (Å²) in [5.74, 6) is 1.00. The van der Waals surface area contributed by atoms with E-state index in [0.717, 1.165) is 22.5 Å². The quantitative estimate of drug-likeness (QED) is 0.440. The van der Waals surface area contributed by atoms with Crippen molar-refractivity contribution in [3.63, 3.8) is 0 Å². The molecule has 148 valence electrons. The van der Waals surface area contributed by atoms with Gasteiger partial charge in [-0.3, -0.25) is 4.99 Å². The van der Waals surface area contributed by atoms with Gasteiger partial charge >= 0.3 is 0 Å². The summed E-state index contributed by atoms with van der Waals surface area (Å²) < 4.78 is 25.1. The van der Waals surface area contributed by atoms with Crippen LogP contribution in [0.2, 0.25) is 0 Å². The second kappa shape index (κ2) is 8.65. The van der Waals surface area contributed by atoms with Crippen LogP contribution < -0.4 is 15.4 Å². The van der Waals surface area contributed by atoms with Crippen LogP contribution in [-0.2, 0) is 6.54 Å². The fraction of sp³-hybridized carbons (Fsp3) is 0.286. The van der Waals surface area contributed by atoms with Crippen molar-refractivity contribution in [3.8, 4) is 11.5 Å². The number of rotatable bonds is 6. The lowest BCUT2D eigenvalue weighted by atomic mass is 10.2. The van der Waals surface area contributed by atoms with E-state index in [4.69, 9.17) is 9.15 Å². The van der Waals surface area contributed by atoms with Crippen LogP contribution in [0.4, 0.5) is 4.39 Å². The van der Waals surface area contributed by atoms with E-state index in [0.29, 0.717) is 24.7 Å². The molecule has 0 radical (unpaired) electrons. The number of nitrogens with zero attached hydrogens (tertiary/aromatic N) is 1. The van der Waals surface area contributed by atoms with Crippen molar-refractivity contribution in [3.05, 3.63) is 59.6 Å². The number of aliphatic imine (C=N–C) groups is 1. The first-order valence-corrected chi connectivity index (χ1v) is 9.11. The summed E-state index contributed by atoms with van der Waals surface area (Å²) in [4.78, 5) is 4.19. The van der Waals surface area contributed by atoms with E-state index >= 15 is 0 Å². The summed E-state index contributed by atoms with van der Waals surface area (Å²) in [6, 6.07) is 11.9. The Morgan fingerprint density at radius 3 is 2.82 bits per heavy atom. The largest absolute Gasteiger partial charge is 0.505 e. The molecule has 2 aromatic carbocycles. The number of para-hydroxylation sites is 1. The number of hydrogen-bond donors (Lipinski definition) is 3. The fourth-order valence-electron chi connectivity index (χ4n) is 2.86. The maximum absolute atomic E-state index is 13.5. The third kappa shape index (κ3) is 4.36. The van der Waals surface area contributed by atoms with Crippen LogP contribution in [0.25, 0.3) is 11.0 Å². The Hall–Kier alpha value is -3.22. The molecule has 0 saturated carbocycles. The van der Waals surface area contributed by atoms with Gasteiger partial charge in [-0.2, -0.15) is 0 Å². The zero-order valence-corrected chi connectivity index (χ0v) is 16.1. The van der Waals surface area contributed by atoms with Crippen molar-refractivity contribution in [1.82, 2.24) is 10.6 Å². The van der Waals surface area contributed by atoms with Gasteiger partial charge in [0.25, 0.3) is 0 Å². The Morgan fingerprint density at radius 1 is 1.29 bits per heavy atom. The molecule has 0 aliphatic carbocycles. The van der Waals surface area contributed by atoms with Crippen molar-refractivity contribution in [1.29, 1.82) is 0 Å². The first-order valence-electron chi connectivity index (χ1n) is 9.11. The molecular weight excluding hydrogens is 361 g/mol. The van der Waals surface area contributed by atoms with Crippen LogP contribution in [0, 0.1) is 5.82 Å². The minimum absolute atomic E-state index is 0.148. The number of nitrogens with one attached hydrogen (secondary N) is 2. The Labute approximate surface area is 163 Å². The lowest BCUT2D eigenvalue weighted by Crippen LogP contribution is -2.38. The molecule has 0 amide bonds. The number of hydrogen-bond acceptors (Lipinski definition) is 4. The molecule has 0 saturated heterocycles. The summed E-state index contributed by atoms with van der Waals surface area (Å²) in [5.41, 5.74) is 1.41. The molecule has 0 aliphatic rings. The number of guanidine groups is 1. The monoisotopic (exact) mass is 385 g/mol. The van der Waals surface area contributed by atoms with E-state index in [1.165, 1.54) is 12.1 Å². The first-order chi connectivity index (χ1) is 13.5. The minimum atomic E-state index is -0.650. The third-order valence-electron chi connectivity index (χ3n) is 4.30. The molecule has 0 fully saturated rings. The molecule has 3 N–H and O–H groups in total. The highest BCUT2D eigenvalue weighted by atomic mass is 19.1. The van der Waals surface area contributed by atoms with Gasteiger partial charge in [-0.05, 0) is 43.7 Å². The number of phenolic OH excluding ortho intramolecular Hbond substituents is 1. The molecule has 7 heteroatoms. The average molecular weight is 385 g/mol. The Kier molecular flexibility index (Phi) is 6.03. The topological polar surface area (TPSA) is 79.0 Å². The molecule has 1 atom stereocenters. The van der Waals surface area contributed by atoms with Gasteiger partial charge in [0.1, 0.15) is 5.76 Å². The van der Waals surface area contributed by atoms with E-state index in [1.807, 2.05) is 38.1 Å². The van der Waals surface area contributed by atoms with Gasteiger partial charge in [0, 0.05) is 19.0 Å². The van der Waals surface area contributed by atoms with E-state index in [9.17, 15) is 9.50 Å². The molecule has 1 aromatic heterocycles. The van der Waals surface area contributed by atoms with Gasteiger partial charge in [0.2, 0.25) is 0 Å². The highest BCUT2D eigenvalue weighted by Gasteiger charge is 2.15. The summed E-state index contributed by atoms with van der Waals surface area (Å²) in [6.07, 6.45) is 0. The maximum atomic E-state index is 13.5. The van der Waals surface area contributed by atoms with Crippen molar-refractivity contribution >= 4 is 16.9 Å². The highest BCUT2D eigenvalue weighted by molar-refractivity contribution is 5.84. The van der Waals surface area contributed by atoms with Gasteiger partial charge in [0.05, 0.1) is 12.6 Å². The Morgan fingerprint density at radius 2 is 2.11 bits per heavy atom. The van der Waals surface area contributed by atoms with Gasteiger partial charge < -0.3 is 24.9 Å². The molecule has 3 aromatic rings. The van der Waals surface area contributed by atoms with E-state index < -0.39 is 5.82 Å². The van der Waals surface area contributed by atoms with Crippen LogP contribution in [0.1, 0.15) is 31.2 Å². The van der Waals surface area contributed by atoms with Gasteiger partial charge in [-0.1, -0.05) is 18.2 Å². The molecule has 0 aliphatic heterocycles. The minimum Gasteiger partial charge on any atom is -0.505 e. The number of ether oxygens (including phenoxy) is 1. The highest BCUT2D eigenvalue weighted by Crippen LogP contribution is 2.31. The predicted octanol–water partition coefficient (Wildman–Crippen LogP) is 4.10. The van der Waals surface area contributed by atoms with Gasteiger partial charge in [0.15, 0.2) is 28.9 Å². The molecule has 1 heterocycles. The fourth-order valence-corrected chi connectivity index (χ4v) is 2.86. The second-order valence-electron chi connectivity index (χ2n) is 6.33. The van der Waals surface area contributed by atoms with E-state index in [-0.39, 0.29) is 11.8 Å². The molecule has 28 heavy (non-hydrogen) atoms. The molecular formula is C21H24FN3O3. The summed E-state index contributed by atoms with van der Waals surface area (Å²) >= 11 is 0. The first kappa shape index (κ1) is 19.5. The lowest BCUT2D eigenvalue weighted by Gasteiger charge is -2.16. The van der Waals surface area contributed by atoms with Gasteiger partial charge in [-0.25, -0.2) is 4.39 Å². The van der Waals surface area contributed by atoms with Crippen molar-refractivity contribution in [2.75, 3.05) is 13.7 Å². The summed E-state index contributed by atoms with van der Waals surface area (Å²) in [5, 5.41) is 16.6. The van der Waals surface area contributed by atoms with Crippen LogP contribution in [0.15, 0.2) is 51.9 Å². The third-order valence-corrected chi connectivity index (χ3v) is 4.30. The Bertz CT molecular complexity index is 984. The SMILES string of the molecule is CCOc1cccc2cc(C(C)NC(=NC)NCc3ccc(O)c(F)c3)oc12. The molecule has 1 unspecified atom stereocenters. The smallest absolute Gasteiger partial charge is 0.191 e. The Balaban J connectivity index is 1.68. The number of halogens is 1. The number of phenols is 1. The molecule has 6 nitrogen and oxygen atoms in total. The van der Waals surface area contributed by atoms with Crippen molar-refractivity contribution < 1.29 is 18.7 Å². The predicted molar refractivity (Wildman–Crippen MR) is 107 cm³/mol. The van der Waals surface area contributed by atoms with Gasteiger partial charge in [-0.15, -0.1) is 0 Å². The zero-order chi connectivity index (χ0) is 20.1. The molecule has 0 spiro atoms. The van der Waals surface area contributed by atoms with Crippen LogP contribution in [-0.4, -0.2) is 24.7 Å². The standard InChI is InChI=1S/C21H24FN3O3/c1-4-27-18-7-5-6-15-11-19(28-20(15)18)13(2)25-21(23-3)24-12-14-8-9-17(26)16(22)10-14/h5-11,13,26H,4,12H2,1-3H3,(H2,23,24,25). The van der Waals surface area contributed by atoms with Crippen LogP contribution in [0.3, 0.4) is 0 Å². The second-order valence-corrected chi connectivity index (χ2v) is 6.33. The van der Waals surface area contributed by atoms with Crippen molar-refractivity contribution in [2.24, 2.45) is 4.99 Å². The molecule has 3 rings (SSSR count). The normalized spacial score (nSPS) is 12.8. The maximum Gasteiger partial charge on any atom is 0.191 e. The lowest BCUT2D eigenvalue weighted by molar-refractivity contribution is 0.336. The number of furan rings is 1. The average Bonchev–Trinajstić information content (AvgIpc) is 3.13. The van der Waals surface area contributed by atoms with Crippen LogP contribution in [0.5, 0.6) is 11.5 Å².